The van der Waals surface area contributed by atoms with E-state index in [0.29, 0.717) is 5.56 Å². The van der Waals surface area contributed by atoms with Crippen LogP contribution in [0.4, 0.5) is 0 Å². The van der Waals surface area contributed by atoms with Crippen LogP contribution in [0.3, 0.4) is 0 Å². The first kappa shape index (κ1) is 11.2. The Labute approximate surface area is 107 Å². The number of carbonyl (C=O) groups excluding carboxylic acids is 1. The minimum absolute atomic E-state index is 0.139. The number of primary amides is 1. The molecule has 2 heterocycles. The first-order valence-corrected chi connectivity index (χ1v) is 7.35. The molecule has 1 aromatic carbocycles. The summed E-state index contributed by atoms with van der Waals surface area (Å²) in [6.07, 6.45) is 1.15. The highest BCUT2D eigenvalue weighted by Gasteiger charge is 2.31. The van der Waals surface area contributed by atoms with Crippen molar-refractivity contribution in [2.45, 2.75) is 4.21 Å². The van der Waals surface area contributed by atoms with Gasteiger partial charge >= 0.3 is 0 Å². The second-order valence-corrected chi connectivity index (χ2v) is 6.77. The van der Waals surface area contributed by atoms with Gasteiger partial charge in [-0.15, -0.1) is 11.3 Å². The van der Waals surface area contributed by atoms with Crippen molar-refractivity contribution in [3.63, 3.8) is 0 Å². The molecule has 0 saturated carbocycles. The molecule has 0 bridgehead atoms. The van der Waals surface area contributed by atoms with Gasteiger partial charge in [0.1, 0.15) is 4.21 Å². The normalized spacial score (nSPS) is 16.8. The van der Waals surface area contributed by atoms with Crippen LogP contribution >= 0.6 is 11.3 Å². The molecule has 1 amide bonds. The van der Waals surface area contributed by atoms with Gasteiger partial charge < -0.3 is 5.73 Å². The number of hydrogen-bond donors (Lipinski definition) is 2. The zero-order valence-electron chi connectivity index (χ0n) is 9.01. The SMILES string of the molecule is NC(=O)C1=CNS(=O)(=O)c2sc3ccccc3c21. The van der Waals surface area contributed by atoms with E-state index < -0.39 is 15.9 Å². The Bertz CT molecular complexity index is 803. The Kier molecular flexibility index (Phi) is 2.23. The zero-order chi connectivity index (χ0) is 12.9. The number of carbonyl (C=O) groups is 1. The van der Waals surface area contributed by atoms with Crippen molar-refractivity contribution in [1.82, 2.24) is 4.72 Å². The highest BCUT2D eigenvalue weighted by molar-refractivity contribution is 7.92. The molecule has 0 unspecified atom stereocenters. The third kappa shape index (κ3) is 1.44. The number of thiophene rings is 1. The van der Waals surface area contributed by atoms with Crippen molar-refractivity contribution in [2.75, 3.05) is 0 Å². The van der Waals surface area contributed by atoms with Gasteiger partial charge in [-0.2, -0.15) is 0 Å². The maximum absolute atomic E-state index is 11.9. The molecule has 0 spiro atoms. The average molecular weight is 280 g/mol. The molecule has 0 fully saturated rings. The van der Waals surface area contributed by atoms with Gasteiger partial charge in [-0.25, -0.2) is 8.42 Å². The first-order valence-electron chi connectivity index (χ1n) is 5.05. The number of amides is 1. The van der Waals surface area contributed by atoms with Gasteiger partial charge in [-0.1, -0.05) is 18.2 Å². The van der Waals surface area contributed by atoms with Gasteiger partial charge in [0.15, 0.2) is 0 Å². The third-order valence-electron chi connectivity index (χ3n) is 2.70. The first-order chi connectivity index (χ1) is 8.50. The molecule has 5 nitrogen and oxygen atoms in total. The van der Waals surface area contributed by atoms with Gasteiger partial charge in [0.05, 0.1) is 5.57 Å². The summed E-state index contributed by atoms with van der Waals surface area (Å²) < 4.78 is 27.0. The number of fused-ring (bicyclic) bond motifs is 3. The number of hydrogen-bond acceptors (Lipinski definition) is 4. The smallest absolute Gasteiger partial charge is 0.271 e. The third-order valence-corrected chi connectivity index (χ3v) is 5.69. The molecule has 3 rings (SSSR count). The van der Waals surface area contributed by atoms with E-state index in [1.165, 1.54) is 0 Å². The fraction of sp³-hybridized carbons (Fsp3) is 0. The standard InChI is InChI=1S/C11H8N2O3S2/c12-10(14)7-5-13-18(15,16)11-9(7)6-3-1-2-4-8(6)17-11/h1-5,13H,(H2,12,14). The summed E-state index contributed by atoms with van der Waals surface area (Å²) in [5, 5.41) is 0.729. The summed E-state index contributed by atoms with van der Waals surface area (Å²) in [7, 11) is -3.59. The lowest BCUT2D eigenvalue weighted by Crippen LogP contribution is -2.26. The number of nitrogens with two attached hydrogens (primary N) is 1. The van der Waals surface area contributed by atoms with Crippen LogP contribution in [0.1, 0.15) is 5.56 Å². The van der Waals surface area contributed by atoms with Crippen molar-refractivity contribution in [3.8, 4) is 0 Å². The maximum Gasteiger partial charge on any atom is 0.271 e. The van der Waals surface area contributed by atoms with E-state index in [1.54, 1.807) is 12.1 Å². The topological polar surface area (TPSA) is 89.3 Å². The van der Waals surface area contributed by atoms with Crippen LogP contribution in [0.25, 0.3) is 15.7 Å². The maximum atomic E-state index is 11.9. The molecule has 1 aliphatic heterocycles. The highest BCUT2D eigenvalue weighted by atomic mass is 32.2. The largest absolute Gasteiger partial charge is 0.366 e. The molecule has 1 aromatic heterocycles. The molecule has 0 atom stereocenters. The van der Waals surface area contributed by atoms with Gasteiger partial charge in [-0.3, -0.25) is 9.52 Å². The van der Waals surface area contributed by atoms with Crippen molar-refractivity contribution in [2.24, 2.45) is 5.73 Å². The van der Waals surface area contributed by atoms with Crippen LogP contribution in [-0.2, 0) is 14.8 Å². The minimum atomic E-state index is -3.59. The van der Waals surface area contributed by atoms with Gasteiger partial charge in [-0.05, 0) is 6.07 Å². The quantitative estimate of drug-likeness (QED) is 0.817. The molecule has 18 heavy (non-hydrogen) atoms. The molecule has 7 heteroatoms. The fourth-order valence-corrected chi connectivity index (χ4v) is 4.59. The number of rotatable bonds is 1. The van der Waals surface area contributed by atoms with Crippen molar-refractivity contribution in [3.05, 3.63) is 36.0 Å². The minimum Gasteiger partial charge on any atom is -0.366 e. The summed E-state index contributed by atoms with van der Waals surface area (Å²) in [4.78, 5) is 11.4. The molecule has 0 aliphatic carbocycles. The predicted molar refractivity (Wildman–Crippen MR) is 69.3 cm³/mol. The van der Waals surface area contributed by atoms with E-state index in [1.807, 2.05) is 12.1 Å². The van der Waals surface area contributed by atoms with Gasteiger partial charge in [0.25, 0.3) is 15.9 Å². The summed E-state index contributed by atoms with van der Waals surface area (Å²) in [6.45, 7) is 0. The van der Waals surface area contributed by atoms with E-state index >= 15 is 0 Å². The molecule has 1 aliphatic rings. The van der Waals surface area contributed by atoms with E-state index in [2.05, 4.69) is 4.72 Å². The number of nitrogens with one attached hydrogen (secondary N) is 1. The predicted octanol–water partition coefficient (Wildman–Crippen LogP) is 1.02. The molecular weight excluding hydrogens is 272 g/mol. The Morgan fingerprint density at radius 3 is 2.72 bits per heavy atom. The molecule has 2 aromatic rings. The number of sulfonamides is 1. The van der Waals surface area contributed by atoms with Crippen LogP contribution in [0.2, 0.25) is 0 Å². The van der Waals surface area contributed by atoms with Crippen LogP contribution in [-0.4, -0.2) is 14.3 Å². The summed E-state index contributed by atoms with van der Waals surface area (Å²) in [6, 6.07) is 7.20. The van der Waals surface area contributed by atoms with Crippen LogP contribution in [0.5, 0.6) is 0 Å². The average Bonchev–Trinajstić information content (AvgIpc) is 2.70. The highest BCUT2D eigenvalue weighted by Crippen LogP contribution is 2.40. The Hall–Kier alpha value is -1.86. The molecule has 0 radical (unpaired) electrons. The lowest BCUT2D eigenvalue weighted by Gasteiger charge is -2.13. The van der Waals surface area contributed by atoms with Crippen LogP contribution in [0, 0.1) is 0 Å². The molecule has 0 saturated heterocycles. The Morgan fingerprint density at radius 2 is 2.00 bits per heavy atom. The van der Waals surface area contributed by atoms with E-state index in [0.717, 1.165) is 27.6 Å². The summed E-state index contributed by atoms with van der Waals surface area (Å²) in [5.74, 6) is -0.651. The lowest BCUT2D eigenvalue weighted by molar-refractivity contribution is -0.112. The van der Waals surface area contributed by atoms with E-state index in [9.17, 15) is 13.2 Å². The molecule has 3 N–H and O–H groups in total. The van der Waals surface area contributed by atoms with Crippen molar-refractivity contribution < 1.29 is 13.2 Å². The summed E-state index contributed by atoms with van der Waals surface area (Å²) >= 11 is 1.13. The van der Waals surface area contributed by atoms with Crippen LogP contribution in [0.15, 0.2) is 34.7 Å². The second kappa shape index (κ2) is 3.56. The van der Waals surface area contributed by atoms with Crippen molar-refractivity contribution >= 4 is 42.9 Å². The van der Waals surface area contributed by atoms with Crippen LogP contribution < -0.4 is 10.5 Å². The number of benzene rings is 1. The Balaban J connectivity index is 2.48. The molecular formula is C11H8N2O3S2. The van der Waals surface area contributed by atoms with E-state index in [-0.39, 0.29) is 9.78 Å². The molecule has 92 valence electrons. The van der Waals surface area contributed by atoms with Crippen molar-refractivity contribution in [1.29, 1.82) is 0 Å². The summed E-state index contributed by atoms with van der Waals surface area (Å²) in [5.41, 5.74) is 5.88. The fourth-order valence-electron chi connectivity index (χ4n) is 1.92. The monoisotopic (exact) mass is 280 g/mol. The second-order valence-electron chi connectivity index (χ2n) is 3.80. The lowest BCUT2D eigenvalue weighted by atomic mass is 10.1. The van der Waals surface area contributed by atoms with E-state index in [4.69, 9.17) is 5.73 Å². The zero-order valence-corrected chi connectivity index (χ0v) is 10.6. The Morgan fingerprint density at radius 1 is 1.28 bits per heavy atom. The van der Waals surface area contributed by atoms with Gasteiger partial charge in [0.2, 0.25) is 0 Å². The van der Waals surface area contributed by atoms with Gasteiger partial charge in [0, 0.05) is 21.8 Å².